The molecular formula is C16H16N2O4. The molecule has 0 fully saturated rings. The minimum atomic E-state index is -0.485. The fourth-order valence-corrected chi connectivity index (χ4v) is 2.10. The van der Waals surface area contributed by atoms with Crippen LogP contribution in [-0.2, 0) is 11.3 Å². The molecule has 2 N–H and O–H groups in total. The van der Waals surface area contributed by atoms with Crippen molar-refractivity contribution in [2.75, 3.05) is 24.5 Å². The lowest BCUT2D eigenvalue weighted by Gasteiger charge is -2.09. The van der Waals surface area contributed by atoms with Crippen molar-refractivity contribution in [1.29, 1.82) is 0 Å². The van der Waals surface area contributed by atoms with E-state index in [0.29, 0.717) is 12.2 Å². The number of fused-ring (bicyclic) bond motifs is 1. The first-order valence-corrected chi connectivity index (χ1v) is 6.82. The normalized spacial score (nSPS) is 11.9. The molecule has 0 spiro atoms. The number of hydrogen-bond donors (Lipinski definition) is 2. The van der Waals surface area contributed by atoms with Crippen LogP contribution in [0.1, 0.15) is 5.56 Å². The summed E-state index contributed by atoms with van der Waals surface area (Å²) >= 11 is 0. The van der Waals surface area contributed by atoms with Crippen LogP contribution in [0.2, 0.25) is 0 Å². The number of carbonyl (C=O) groups is 1. The van der Waals surface area contributed by atoms with Gasteiger partial charge in [0.2, 0.25) is 6.79 Å². The van der Waals surface area contributed by atoms with Crippen molar-refractivity contribution < 1.29 is 19.0 Å². The summed E-state index contributed by atoms with van der Waals surface area (Å²) in [7, 11) is 1.33. The van der Waals surface area contributed by atoms with Crippen molar-refractivity contribution in [3.8, 4) is 11.5 Å². The second-order valence-electron chi connectivity index (χ2n) is 4.74. The summed E-state index contributed by atoms with van der Waals surface area (Å²) < 4.78 is 15.2. The van der Waals surface area contributed by atoms with Crippen LogP contribution in [0.25, 0.3) is 0 Å². The van der Waals surface area contributed by atoms with E-state index in [2.05, 4.69) is 15.4 Å². The van der Waals surface area contributed by atoms with Gasteiger partial charge in [-0.2, -0.15) is 0 Å². The van der Waals surface area contributed by atoms with Crippen LogP contribution < -0.4 is 20.1 Å². The maximum Gasteiger partial charge on any atom is 0.411 e. The Morgan fingerprint density at radius 1 is 1.09 bits per heavy atom. The van der Waals surface area contributed by atoms with Crippen LogP contribution >= 0.6 is 0 Å². The molecule has 1 aliphatic heterocycles. The van der Waals surface area contributed by atoms with Gasteiger partial charge in [0.05, 0.1) is 7.11 Å². The summed E-state index contributed by atoms with van der Waals surface area (Å²) in [5.41, 5.74) is 2.73. The number of methoxy groups -OCH3 is 1. The maximum absolute atomic E-state index is 11.1. The first kappa shape index (κ1) is 14.1. The summed E-state index contributed by atoms with van der Waals surface area (Å²) in [4.78, 5) is 11.1. The zero-order chi connectivity index (χ0) is 15.4. The molecular weight excluding hydrogens is 284 g/mol. The van der Waals surface area contributed by atoms with Gasteiger partial charge in [0.1, 0.15) is 0 Å². The van der Waals surface area contributed by atoms with Crippen LogP contribution in [0.15, 0.2) is 42.5 Å². The number of anilines is 2. The number of rotatable bonds is 4. The van der Waals surface area contributed by atoms with E-state index in [4.69, 9.17) is 9.47 Å². The van der Waals surface area contributed by atoms with E-state index in [1.807, 2.05) is 30.3 Å². The van der Waals surface area contributed by atoms with Gasteiger partial charge in [0, 0.05) is 17.9 Å². The molecule has 1 amide bonds. The van der Waals surface area contributed by atoms with E-state index < -0.39 is 6.09 Å². The third kappa shape index (κ3) is 3.22. The molecule has 1 heterocycles. The Balaban J connectivity index is 1.58. The van der Waals surface area contributed by atoms with Crippen LogP contribution in [0, 0.1) is 0 Å². The summed E-state index contributed by atoms with van der Waals surface area (Å²) in [5.74, 6) is 1.55. The predicted molar refractivity (Wildman–Crippen MR) is 82.4 cm³/mol. The molecule has 0 saturated heterocycles. The Kier molecular flexibility index (Phi) is 4.00. The smallest absolute Gasteiger partial charge is 0.411 e. The fraction of sp³-hybridized carbons (Fsp3) is 0.188. The van der Waals surface area contributed by atoms with Crippen molar-refractivity contribution in [3.63, 3.8) is 0 Å². The zero-order valence-electron chi connectivity index (χ0n) is 12.1. The van der Waals surface area contributed by atoms with Gasteiger partial charge < -0.3 is 19.5 Å². The minimum Gasteiger partial charge on any atom is -0.454 e. The van der Waals surface area contributed by atoms with Crippen molar-refractivity contribution in [3.05, 3.63) is 48.0 Å². The van der Waals surface area contributed by atoms with Crippen molar-refractivity contribution in [2.24, 2.45) is 0 Å². The second-order valence-corrected chi connectivity index (χ2v) is 4.74. The first-order valence-electron chi connectivity index (χ1n) is 6.82. The topological polar surface area (TPSA) is 68.8 Å². The molecule has 0 aliphatic carbocycles. The van der Waals surface area contributed by atoms with Gasteiger partial charge in [-0.1, -0.05) is 6.07 Å². The summed E-state index contributed by atoms with van der Waals surface area (Å²) in [6.45, 7) is 0.946. The van der Waals surface area contributed by atoms with Crippen LogP contribution in [0.5, 0.6) is 11.5 Å². The van der Waals surface area contributed by atoms with E-state index in [1.165, 1.54) is 7.11 Å². The van der Waals surface area contributed by atoms with E-state index in [1.54, 1.807) is 12.1 Å². The average Bonchev–Trinajstić information content (AvgIpc) is 3.01. The molecule has 6 heteroatoms. The fourth-order valence-electron chi connectivity index (χ4n) is 2.10. The van der Waals surface area contributed by atoms with Crippen molar-refractivity contribution in [2.45, 2.75) is 6.54 Å². The molecule has 2 aromatic carbocycles. The van der Waals surface area contributed by atoms with Gasteiger partial charge >= 0.3 is 6.09 Å². The van der Waals surface area contributed by atoms with E-state index in [0.717, 1.165) is 22.7 Å². The van der Waals surface area contributed by atoms with Crippen molar-refractivity contribution >= 4 is 17.5 Å². The second kappa shape index (κ2) is 6.26. The molecule has 1 aliphatic rings. The number of benzene rings is 2. The summed E-state index contributed by atoms with van der Waals surface area (Å²) in [5, 5.41) is 5.91. The molecule has 2 aromatic rings. The van der Waals surface area contributed by atoms with Gasteiger partial charge in [0.25, 0.3) is 0 Å². The predicted octanol–water partition coefficient (Wildman–Crippen LogP) is 3.21. The third-order valence-corrected chi connectivity index (χ3v) is 3.25. The molecule has 6 nitrogen and oxygen atoms in total. The summed E-state index contributed by atoms with van der Waals surface area (Å²) in [6, 6.07) is 13.2. The highest BCUT2D eigenvalue weighted by atomic mass is 16.7. The highest BCUT2D eigenvalue weighted by Crippen LogP contribution is 2.32. The first-order chi connectivity index (χ1) is 10.7. The molecule has 0 saturated carbocycles. The number of hydrogen-bond acceptors (Lipinski definition) is 5. The zero-order valence-corrected chi connectivity index (χ0v) is 12.1. The summed E-state index contributed by atoms with van der Waals surface area (Å²) in [6.07, 6.45) is -0.485. The van der Waals surface area contributed by atoms with E-state index in [-0.39, 0.29) is 6.79 Å². The van der Waals surface area contributed by atoms with Crippen LogP contribution in [0.4, 0.5) is 16.2 Å². The number of carbonyl (C=O) groups excluding carboxylic acids is 1. The van der Waals surface area contributed by atoms with Gasteiger partial charge in [-0.15, -0.1) is 0 Å². The Morgan fingerprint density at radius 3 is 2.59 bits per heavy atom. The minimum absolute atomic E-state index is 0.279. The SMILES string of the molecule is COC(=O)Nc1ccc(NCc2ccc3c(c2)OCO3)cc1. The van der Waals surface area contributed by atoms with Crippen LogP contribution in [0.3, 0.4) is 0 Å². The lowest BCUT2D eigenvalue weighted by atomic mass is 10.2. The monoisotopic (exact) mass is 300 g/mol. The molecule has 0 aromatic heterocycles. The highest BCUT2D eigenvalue weighted by Gasteiger charge is 2.12. The van der Waals surface area contributed by atoms with Crippen LogP contribution in [-0.4, -0.2) is 20.0 Å². The Hall–Kier alpha value is -2.89. The molecule has 0 bridgehead atoms. The van der Waals surface area contributed by atoms with E-state index >= 15 is 0 Å². The third-order valence-electron chi connectivity index (χ3n) is 3.25. The molecule has 0 atom stereocenters. The van der Waals surface area contributed by atoms with E-state index in [9.17, 15) is 4.79 Å². The van der Waals surface area contributed by atoms with Gasteiger partial charge in [-0.3, -0.25) is 5.32 Å². The number of nitrogens with one attached hydrogen (secondary N) is 2. The van der Waals surface area contributed by atoms with Gasteiger partial charge in [0.15, 0.2) is 11.5 Å². The lowest BCUT2D eigenvalue weighted by Crippen LogP contribution is -2.10. The van der Waals surface area contributed by atoms with Gasteiger partial charge in [-0.05, 0) is 42.0 Å². The number of amides is 1. The molecule has 22 heavy (non-hydrogen) atoms. The highest BCUT2D eigenvalue weighted by molar-refractivity contribution is 5.84. The molecule has 114 valence electrons. The lowest BCUT2D eigenvalue weighted by molar-refractivity contribution is 0.174. The quantitative estimate of drug-likeness (QED) is 0.907. The van der Waals surface area contributed by atoms with Gasteiger partial charge in [-0.25, -0.2) is 4.79 Å². The Labute approximate surface area is 128 Å². The Bertz CT molecular complexity index is 670. The maximum atomic E-state index is 11.1. The molecule has 0 radical (unpaired) electrons. The largest absolute Gasteiger partial charge is 0.454 e. The standard InChI is InChI=1S/C16H16N2O4/c1-20-16(19)18-13-5-3-12(4-6-13)17-9-11-2-7-14-15(8-11)22-10-21-14/h2-8,17H,9-10H2,1H3,(H,18,19). The Morgan fingerprint density at radius 2 is 1.82 bits per heavy atom. The number of ether oxygens (including phenoxy) is 3. The average molecular weight is 300 g/mol. The molecule has 0 unspecified atom stereocenters. The molecule has 3 rings (SSSR count). The van der Waals surface area contributed by atoms with Crippen molar-refractivity contribution in [1.82, 2.24) is 0 Å².